The van der Waals surface area contributed by atoms with Crippen molar-refractivity contribution in [2.75, 3.05) is 30.0 Å². The number of rotatable bonds is 8. The van der Waals surface area contributed by atoms with E-state index in [1.165, 1.54) is 4.90 Å². The monoisotopic (exact) mass is 540 g/mol. The number of fused-ring (bicyclic) bond motifs is 1. The molecular weight excluding hydrogens is 512 g/mol. The molecule has 2 aliphatic rings. The summed E-state index contributed by atoms with van der Waals surface area (Å²) in [5.74, 6) is -0.926. The molecule has 9 nitrogen and oxygen atoms in total. The highest BCUT2D eigenvalue weighted by atomic mass is 16.5. The third-order valence-electron chi connectivity index (χ3n) is 6.87. The summed E-state index contributed by atoms with van der Waals surface area (Å²) >= 11 is 0. The number of anilines is 2. The molecule has 2 aliphatic heterocycles. The van der Waals surface area contributed by atoms with Crippen LogP contribution in [0.5, 0.6) is 5.75 Å². The number of carbonyl (C=O) groups excluding carboxylic acids is 4. The fourth-order valence-electron chi connectivity index (χ4n) is 4.90. The molecule has 2 heterocycles. The fourth-order valence-corrected chi connectivity index (χ4v) is 4.90. The number of hydrogen-bond acceptors (Lipinski definition) is 7. The largest absolute Gasteiger partial charge is 0.489 e. The molecule has 204 valence electrons. The van der Waals surface area contributed by atoms with Gasteiger partial charge in [0.05, 0.1) is 30.8 Å². The van der Waals surface area contributed by atoms with Crippen molar-refractivity contribution in [3.63, 3.8) is 0 Å². The molecule has 0 saturated carbocycles. The summed E-state index contributed by atoms with van der Waals surface area (Å²) in [5, 5.41) is 2.92. The lowest BCUT2D eigenvalue weighted by Gasteiger charge is -2.52. The molecule has 1 atom stereocenters. The summed E-state index contributed by atoms with van der Waals surface area (Å²) in [6, 6.07) is 20.2. The quantitative estimate of drug-likeness (QED) is 0.328. The summed E-state index contributed by atoms with van der Waals surface area (Å²) in [7, 11) is 0. The Labute approximate surface area is 231 Å². The second-order valence-electron chi connectivity index (χ2n) is 9.28. The van der Waals surface area contributed by atoms with Crippen molar-refractivity contribution in [1.29, 1.82) is 0 Å². The Morgan fingerprint density at radius 2 is 1.48 bits per heavy atom. The maximum absolute atomic E-state index is 14.1. The Balaban J connectivity index is 1.51. The van der Waals surface area contributed by atoms with E-state index in [2.05, 4.69) is 5.32 Å². The topological polar surface area (TPSA) is 111 Å². The third-order valence-corrected chi connectivity index (χ3v) is 6.87. The van der Waals surface area contributed by atoms with Crippen LogP contribution in [0.2, 0.25) is 0 Å². The Bertz CT molecular complexity index is 1490. The molecule has 0 radical (unpaired) electrons. The SMILES string of the molecule is CCOC(=O)c1ccc(NC(=O)C2(C3=Cc4ccccc4OC3)CC(=O)N2c2ccc(C(=O)OCC)cc2)cc1. The van der Waals surface area contributed by atoms with E-state index in [1.54, 1.807) is 62.4 Å². The number of amides is 2. The zero-order valence-corrected chi connectivity index (χ0v) is 22.1. The van der Waals surface area contributed by atoms with Crippen LogP contribution in [-0.2, 0) is 19.1 Å². The Morgan fingerprint density at radius 3 is 2.08 bits per heavy atom. The van der Waals surface area contributed by atoms with Crippen LogP contribution < -0.4 is 15.0 Å². The number of carbonyl (C=O) groups is 4. The highest BCUT2D eigenvalue weighted by Gasteiger charge is 2.60. The van der Waals surface area contributed by atoms with Gasteiger partial charge in [-0.05, 0) is 74.5 Å². The van der Waals surface area contributed by atoms with Crippen LogP contribution in [0.15, 0.2) is 78.4 Å². The first kappa shape index (κ1) is 26.7. The smallest absolute Gasteiger partial charge is 0.338 e. The van der Waals surface area contributed by atoms with Gasteiger partial charge in [0, 0.05) is 22.5 Å². The first-order valence-electron chi connectivity index (χ1n) is 13.0. The summed E-state index contributed by atoms with van der Waals surface area (Å²) in [4.78, 5) is 52.8. The van der Waals surface area contributed by atoms with Gasteiger partial charge in [-0.1, -0.05) is 18.2 Å². The van der Waals surface area contributed by atoms with Gasteiger partial charge in [0.15, 0.2) is 5.54 Å². The molecule has 3 aromatic carbocycles. The molecule has 40 heavy (non-hydrogen) atoms. The van der Waals surface area contributed by atoms with E-state index in [0.29, 0.717) is 33.8 Å². The number of hydrogen-bond donors (Lipinski definition) is 1. The van der Waals surface area contributed by atoms with Crippen molar-refractivity contribution in [3.05, 3.63) is 95.1 Å². The number of para-hydroxylation sites is 1. The zero-order valence-electron chi connectivity index (χ0n) is 22.1. The minimum atomic E-state index is -1.38. The summed E-state index contributed by atoms with van der Waals surface area (Å²) in [5.41, 5.74) is 1.63. The molecule has 0 bridgehead atoms. The standard InChI is InChI=1S/C31H28N2O7/c1-3-38-28(35)20-9-13-24(14-10-20)32-30(37)31(23-17-22-7-5-6-8-26(22)40-19-23)18-27(34)33(31)25-15-11-21(12-16-25)29(36)39-4-2/h5-17H,3-4,18-19H2,1-2H3,(H,32,37). The van der Waals surface area contributed by atoms with Gasteiger partial charge in [-0.25, -0.2) is 9.59 Å². The Morgan fingerprint density at radius 1 is 0.875 bits per heavy atom. The van der Waals surface area contributed by atoms with E-state index in [-0.39, 0.29) is 32.1 Å². The molecule has 1 saturated heterocycles. The van der Waals surface area contributed by atoms with Gasteiger partial charge in [-0.2, -0.15) is 0 Å². The molecule has 1 unspecified atom stereocenters. The van der Waals surface area contributed by atoms with E-state index >= 15 is 0 Å². The molecule has 0 aliphatic carbocycles. The van der Waals surface area contributed by atoms with E-state index in [1.807, 2.05) is 30.3 Å². The highest BCUT2D eigenvalue weighted by molar-refractivity contribution is 6.19. The van der Waals surface area contributed by atoms with Crippen LogP contribution in [0, 0.1) is 0 Å². The van der Waals surface area contributed by atoms with E-state index in [4.69, 9.17) is 14.2 Å². The van der Waals surface area contributed by atoms with Crippen molar-refractivity contribution in [1.82, 2.24) is 0 Å². The predicted molar refractivity (Wildman–Crippen MR) is 148 cm³/mol. The fraction of sp³-hybridized carbons (Fsp3) is 0.226. The minimum Gasteiger partial charge on any atom is -0.489 e. The molecule has 3 aromatic rings. The average Bonchev–Trinajstić information content (AvgIpc) is 2.96. The van der Waals surface area contributed by atoms with Gasteiger partial charge >= 0.3 is 11.9 Å². The zero-order chi connectivity index (χ0) is 28.3. The first-order valence-corrected chi connectivity index (χ1v) is 13.0. The summed E-state index contributed by atoms with van der Waals surface area (Å²) in [6.07, 6.45) is 1.81. The first-order chi connectivity index (χ1) is 19.4. The molecule has 1 fully saturated rings. The molecule has 5 rings (SSSR count). The second-order valence-corrected chi connectivity index (χ2v) is 9.28. The van der Waals surface area contributed by atoms with Gasteiger partial charge < -0.3 is 19.5 Å². The maximum Gasteiger partial charge on any atom is 0.338 e. The summed E-state index contributed by atoms with van der Waals surface area (Å²) < 4.78 is 16.1. The highest BCUT2D eigenvalue weighted by Crippen LogP contribution is 2.45. The second kappa shape index (κ2) is 11.1. The lowest BCUT2D eigenvalue weighted by molar-refractivity contribution is -0.135. The van der Waals surface area contributed by atoms with Crippen molar-refractivity contribution in [3.8, 4) is 5.75 Å². The molecule has 0 aromatic heterocycles. The number of ether oxygens (including phenoxy) is 3. The lowest BCUT2D eigenvalue weighted by atomic mass is 9.74. The maximum atomic E-state index is 14.1. The van der Waals surface area contributed by atoms with Crippen molar-refractivity contribution < 1.29 is 33.4 Å². The van der Waals surface area contributed by atoms with Gasteiger partial charge in [0.1, 0.15) is 12.4 Å². The Hall–Kier alpha value is -4.92. The van der Waals surface area contributed by atoms with Crippen LogP contribution in [0.4, 0.5) is 11.4 Å². The predicted octanol–water partition coefficient (Wildman–Crippen LogP) is 4.63. The van der Waals surface area contributed by atoms with Gasteiger partial charge in [0.2, 0.25) is 5.91 Å². The number of nitrogens with zero attached hydrogens (tertiary/aromatic N) is 1. The summed E-state index contributed by atoms with van der Waals surface area (Å²) in [6.45, 7) is 4.05. The number of nitrogens with one attached hydrogen (secondary N) is 1. The van der Waals surface area contributed by atoms with Crippen LogP contribution in [0.25, 0.3) is 6.08 Å². The number of benzene rings is 3. The van der Waals surface area contributed by atoms with Gasteiger partial charge in [0.25, 0.3) is 5.91 Å². The number of esters is 2. The average molecular weight is 541 g/mol. The Kier molecular flexibility index (Phi) is 7.37. The van der Waals surface area contributed by atoms with E-state index in [9.17, 15) is 19.2 Å². The van der Waals surface area contributed by atoms with Crippen LogP contribution >= 0.6 is 0 Å². The lowest BCUT2D eigenvalue weighted by Crippen LogP contribution is -2.71. The normalized spacial score (nSPS) is 17.5. The molecular formula is C31H28N2O7. The van der Waals surface area contributed by atoms with Crippen molar-refractivity contribution >= 4 is 41.2 Å². The third kappa shape index (κ3) is 4.82. The number of β-lactam (4-membered cyclic amide) rings is 1. The van der Waals surface area contributed by atoms with Crippen molar-refractivity contribution in [2.45, 2.75) is 25.8 Å². The van der Waals surface area contributed by atoms with E-state index < -0.39 is 23.4 Å². The van der Waals surface area contributed by atoms with Crippen LogP contribution in [0.3, 0.4) is 0 Å². The van der Waals surface area contributed by atoms with Crippen LogP contribution in [0.1, 0.15) is 46.5 Å². The van der Waals surface area contributed by atoms with E-state index in [0.717, 1.165) is 5.56 Å². The molecule has 9 heteroatoms. The molecule has 2 amide bonds. The van der Waals surface area contributed by atoms with Crippen molar-refractivity contribution in [2.24, 2.45) is 0 Å². The molecule has 1 N–H and O–H groups in total. The molecule has 0 spiro atoms. The van der Waals surface area contributed by atoms with Crippen LogP contribution in [-0.4, -0.2) is 49.1 Å². The van der Waals surface area contributed by atoms with Gasteiger partial charge in [-0.3, -0.25) is 14.5 Å². The minimum absolute atomic E-state index is 0.0727. The van der Waals surface area contributed by atoms with Gasteiger partial charge in [-0.15, -0.1) is 0 Å².